The summed E-state index contributed by atoms with van der Waals surface area (Å²) in [5, 5.41) is 3.82. The summed E-state index contributed by atoms with van der Waals surface area (Å²) in [5.74, 6) is -0.244. The molecule has 7 heteroatoms. The molecule has 0 aromatic carbocycles. The van der Waals surface area contributed by atoms with E-state index in [2.05, 4.69) is 16.0 Å². The van der Waals surface area contributed by atoms with Crippen molar-refractivity contribution in [2.24, 2.45) is 16.5 Å². The highest BCUT2D eigenvalue weighted by molar-refractivity contribution is 6.51. The van der Waals surface area contributed by atoms with E-state index in [4.69, 9.17) is 28.0 Å². The molecule has 5 nitrogen and oxygen atoms in total. The van der Waals surface area contributed by atoms with Crippen molar-refractivity contribution in [2.75, 3.05) is 6.61 Å². The van der Waals surface area contributed by atoms with E-state index in [1.54, 1.807) is 0 Å². The third-order valence-corrected chi connectivity index (χ3v) is 5.03. The second-order valence-electron chi connectivity index (χ2n) is 4.99. The lowest BCUT2D eigenvalue weighted by Gasteiger charge is -2.02. The highest BCUT2D eigenvalue weighted by atomic mass is 35.5. The Bertz CT molecular complexity index is 368. The van der Waals surface area contributed by atoms with E-state index < -0.39 is 4.33 Å². The molecule has 17 heavy (non-hydrogen) atoms. The predicted octanol–water partition coefficient (Wildman–Crippen LogP) is 1.21. The number of carbonyl (C=O) groups is 1. The first-order valence-corrected chi connectivity index (χ1v) is 6.17. The summed E-state index contributed by atoms with van der Waals surface area (Å²) in [5.41, 5.74) is 5.35. The van der Waals surface area contributed by atoms with Gasteiger partial charge in [0.05, 0.1) is 6.04 Å². The van der Waals surface area contributed by atoms with Crippen LogP contribution in [0.2, 0.25) is 0 Å². The van der Waals surface area contributed by atoms with Crippen molar-refractivity contribution >= 4 is 34.8 Å². The normalized spacial score (nSPS) is 35.8. The van der Waals surface area contributed by atoms with Crippen LogP contribution in [-0.2, 0) is 9.63 Å². The molecule has 0 aromatic heterocycles. The number of rotatable bonds is 3. The van der Waals surface area contributed by atoms with Gasteiger partial charge >= 0.3 is 0 Å². The Morgan fingerprint density at radius 3 is 2.47 bits per heavy atom. The summed E-state index contributed by atoms with van der Waals surface area (Å²) in [7, 11) is 0. The lowest BCUT2D eigenvalue weighted by molar-refractivity contribution is -0.114. The molecule has 0 aromatic rings. The molecule has 1 heterocycles. The average Bonchev–Trinajstić information content (AvgIpc) is 2.51. The van der Waals surface area contributed by atoms with Crippen LogP contribution in [0.3, 0.4) is 0 Å². The molecule has 2 rings (SSSR count). The average molecular weight is 280 g/mol. The molecule has 2 unspecified atom stereocenters. The van der Waals surface area contributed by atoms with Crippen LogP contribution in [0.5, 0.6) is 0 Å². The van der Waals surface area contributed by atoms with Gasteiger partial charge in [0.25, 0.3) is 5.91 Å². The smallest absolute Gasteiger partial charge is 0.284 e. The zero-order valence-electron chi connectivity index (χ0n) is 9.88. The van der Waals surface area contributed by atoms with Crippen molar-refractivity contribution in [1.82, 2.24) is 10.9 Å². The number of nitrogens with one attached hydrogen (secondary N) is 2. The van der Waals surface area contributed by atoms with Crippen molar-refractivity contribution in [3.05, 3.63) is 0 Å². The van der Waals surface area contributed by atoms with Crippen LogP contribution in [0.25, 0.3) is 0 Å². The summed E-state index contributed by atoms with van der Waals surface area (Å²) >= 11 is 12.2. The minimum absolute atomic E-state index is 0.0235. The van der Waals surface area contributed by atoms with Gasteiger partial charge in [-0.1, -0.05) is 19.0 Å². The number of halogens is 2. The predicted molar refractivity (Wildman–Crippen MR) is 65.8 cm³/mol. The maximum Gasteiger partial charge on any atom is 0.284 e. The maximum atomic E-state index is 11.3. The van der Waals surface area contributed by atoms with Crippen LogP contribution in [0.1, 0.15) is 20.8 Å². The first kappa shape index (κ1) is 12.9. The van der Waals surface area contributed by atoms with Gasteiger partial charge in [0.2, 0.25) is 0 Å². The number of amides is 1. The number of carbonyl (C=O) groups excluding carboxylic acids is 1. The van der Waals surface area contributed by atoms with Gasteiger partial charge in [-0.15, -0.1) is 23.2 Å². The number of nitrogens with zero attached hydrogens (tertiary/aromatic N) is 1. The van der Waals surface area contributed by atoms with Crippen LogP contribution in [0.15, 0.2) is 5.16 Å². The van der Waals surface area contributed by atoms with E-state index in [0.717, 1.165) is 0 Å². The van der Waals surface area contributed by atoms with Crippen LogP contribution >= 0.6 is 23.2 Å². The van der Waals surface area contributed by atoms with E-state index in [1.165, 1.54) is 0 Å². The third-order valence-electron chi connectivity index (χ3n) is 3.53. The van der Waals surface area contributed by atoms with E-state index in [0.29, 0.717) is 12.3 Å². The molecule has 96 valence electrons. The molecule has 2 atom stereocenters. The molecule has 0 radical (unpaired) electrons. The zero-order valence-corrected chi connectivity index (χ0v) is 11.4. The van der Waals surface area contributed by atoms with E-state index in [9.17, 15) is 4.79 Å². The summed E-state index contributed by atoms with van der Waals surface area (Å²) in [6, 6.07) is -0.161. The van der Waals surface area contributed by atoms with Crippen molar-refractivity contribution in [3.63, 3.8) is 0 Å². The van der Waals surface area contributed by atoms with E-state index in [-0.39, 0.29) is 23.3 Å². The second-order valence-corrected chi connectivity index (χ2v) is 6.38. The molecule has 1 saturated carbocycles. The van der Waals surface area contributed by atoms with Gasteiger partial charge in [0, 0.05) is 11.3 Å². The van der Waals surface area contributed by atoms with Crippen molar-refractivity contribution < 1.29 is 9.63 Å². The van der Waals surface area contributed by atoms with Crippen LogP contribution in [0, 0.1) is 11.3 Å². The molecule has 0 bridgehead atoms. The Morgan fingerprint density at radius 1 is 1.47 bits per heavy atom. The zero-order chi connectivity index (χ0) is 12.8. The minimum Gasteiger partial charge on any atom is -0.395 e. The quantitative estimate of drug-likeness (QED) is 0.603. The molecule has 2 N–H and O–H groups in total. The Balaban J connectivity index is 1.89. The number of hydrogen-bond donors (Lipinski definition) is 2. The lowest BCUT2D eigenvalue weighted by atomic mass is 10.1. The topological polar surface area (TPSA) is 62.7 Å². The highest BCUT2D eigenvalue weighted by Crippen LogP contribution is 2.68. The van der Waals surface area contributed by atoms with E-state index >= 15 is 0 Å². The molecule has 2 fully saturated rings. The Hall–Kier alpha value is -0.520. The third kappa shape index (κ3) is 2.00. The Kier molecular flexibility index (Phi) is 3.04. The fraction of sp³-hybridized carbons (Fsp3) is 0.800. The number of hydrazine groups is 1. The Labute approximate surface area is 110 Å². The molecule has 1 aliphatic heterocycles. The monoisotopic (exact) mass is 279 g/mol. The van der Waals surface area contributed by atoms with Gasteiger partial charge in [0.1, 0.15) is 10.9 Å². The number of oxime groups is 1. The summed E-state index contributed by atoms with van der Waals surface area (Å²) < 4.78 is -0.769. The molecular weight excluding hydrogens is 265 g/mol. The first-order chi connectivity index (χ1) is 7.78. The molecular formula is C10H15Cl2N3O2. The number of hydrogen-bond acceptors (Lipinski definition) is 4. The Morgan fingerprint density at radius 2 is 2.06 bits per heavy atom. The van der Waals surface area contributed by atoms with Crippen LogP contribution in [-0.4, -0.2) is 28.6 Å². The molecule has 1 amide bonds. The van der Waals surface area contributed by atoms with Crippen molar-refractivity contribution in [2.45, 2.75) is 31.1 Å². The van der Waals surface area contributed by atoms with Gasteiger partial charge in [-0.05, 0) is 6.92 Å². The fourth-order valence-corrected chi connectivity index (χ4v) is 2.70. The van der Waals surface area contributed by atoms with Gasteiger partial charge in [0.15, 0.2) is 5.71 Å². The first-order valence-electron chi connectivity index (χ1n) is 5.42. The van der Waals surface area contributed by atoms with Gasteiger partial charge in [-0.2, -0.15) is 0 Å². The molecule has 1 aliphatic carbocycles. The largest absolute Gasteiger partial charge is 0.395 e. The van der Waals surface area contributed by atoms with Crippen LogP contribution < -0.4 is 10.9 Å². The standard InChI is InChI=1S/C10H15Cl2N3O2/c1-5-7(8(16)14-13-5)15-17-4-6-9(2,3)10(6,11)12/h5-6,13H,4H2,1-3H3,(H,14,16). The second kappa shape index (κ2) is 4.00. The maximum absolute atomic E-state index is 11.3. The fourth-order valence-electron chi connectivity index (χ4n) is 1.88. The van der Waals surface area contributed by atoms with Gasteiger partial charge in [-0.3, -0.25) is 10.2 Å². The summed E-state index contributed by atoms with van der Waals surface area (Å²) in [6.07, 6.45) is 0. The summed E-state index contributed by atoms with van der Waals surface area (Å²) in [4.78, 5) is 16.5. The highest BCUT2D eigenvalue weighted by Gasteiger charge is 2.70. The lowest BCUT2D eigenvalue weighted by Crippen LogP contribution is -2.29. The van der Waals surface area contributed by atoms with Gasteiger partial charge in [-0.25, -0.2) is 5.43 Å². The minimum atomic E-state index is -0.769. The van der Waals surface area contributed by atoms with Crippen molar-refractivity contribution in [3.8, 4) is 0 Å². The van der Waals surface area contributed by atoms with E-state index in [1.807, 2.05) is 20.8 Å². The SMILES string of the molecule is CC1NNC(=O)C1=NOCC1C(C)(C)C1(Cl)Cl. The molecule has 2 aliphatic rings. The summed E-state index contributed by atoms with van der Waals surface area (Å²) in [6.45, 7) is 6.07. The van der Waals surface area contributed by atoms with Crippen molar-refractivity contribution in [1.29, 1.82) is 0 Å². The number of alkyl halides is 2. The molecule has 1 saturated heterocycles. The van der Waals surface area contributed by atoms with Crippen LogP contribution in [0.4, 0.5) is 0 Å². The van der Waals surface area contributed by atoms with Gasteiger partial charge < -0.3 is 4.84 Å². The molecule has 0 spiro atoms.